The molecule has 3 unspecified atom stereocenters. The molecule has 17 heavy (non-hydrogen) atoms. The maximum absolute atomic E-state index is 9.51. The van der Waals surface area contributed by atoms with Gasteiger partial charge >= 0.3 is 0 Å². The highest BCUT2D eigenvalue weighted by Crippen LogP contribution is 2.36. The van der Waals surface area contributed by atoms with Crippen LogP contribution in [-0.2, 0) is 0 Å². The summed E-state index contributed by atoms with van der Waals surface area (Å²) in [5.74, 6) is 1.04. The Hall–Kier alpha value is -0.860. The third kappa shape index (κ3) is 3.08. The average Bonchev–Trinajstić information content (AvgIpc) is 2.40. The first kappa shape index (κ1) is 12.6. The first-order valence-corrected chi connectivity index (χ1v) is 6.74. The van der Waals surface area contributed by atoms with Crippen molar-refractivity contribution in [3.05, 3.63) is 35.9 Å². The van der Waals surface area contributed by atoms with Crippen molar-refractivity contribution in [1.82, 2.24) is 5.32 Å². The van der Waals surface area contributed by atoms with E-state index < -0.39 is 0 Å². The number of nitrogens with one attached hydrogen (secondary N) is 1. The van der Waals surface area contributed by atoms with Crippen molar-refractivity contribution in [2.24, 2.45) is 5.92 Å². The van der Waals surface area contributed by atoms with Crippen LogP contribution < -0.4 is 5.32 Å². The number of benzene rings is 1. The minimum atomic E-state index is 0.307. The second kappa shape index (κ2) is 6.18. The standard InChI is InChI=1S/C15H23NO/c1-2-16-15-9-8-13(10-14(15)11-17)12-6-4-3-5-7-12/h3-7,13-17H,2,8-11H2,1H3. The van der Waals surface area contributed by atoms with Crippen molar-refractivity contribution in [3.63, 3.8) is 0 Å². The Morgan fingerprint density at radius 2 is 2.00 bits per heavy atom. The zero-order chi connectivity index (χ0) is 12.1. The molecule has 94 valence electrons. The minimum absolute atomic E-state index is 0.307. The van der Waals surface area contributed by atoms with Gasteiger partial charge in [0.1, 0.15) is 0 Å². The molecule has 1 aliphatic carbocycles. The summed E-state index contributed by atoms with van der Waals surface area (Å²) in [4.78, 5) is 0. The second-order valence-electron chi connectivity index (χ2n) is 5.03. The molecule has 2 heteroatoms. The number of rotatable bonds is 4. The highest BCUT2D eigenvalue weighted by molar-refractivity contribution is 5.20. The van der Waals surface area contributed by atoms with E-state index in [-0.39, 0.29) is 0 Å². The van der Waals surface area contributed by atoms with E-state index in [0.717, 1.165) is 13.0 Å². The van der Waals surface area contributed by atoms with E-state index in [1.165, 1.54) is 18.4 Å². The number of hydrogen-bond donors (Lipinski definition) is 2. The summed E-state index contributed by atoms with van der Waals surface area (Å²) in [5.41, 5.74) is 1.43. The van der Waals surface area contributed by atoms with E-state index in [1.54, 1.807) is 0 Å². The van der Waals surface area contributed by atoms with Crippen LogP contribution in [0.1, 0.15) is 37.7 Å². The van der Waals surface area contributed by atoms with Crippen LogP contribution in [0.15, 0.2) is 30.3 Å². The van der Waals surface area contributed by atoms with Gasteiger partial charge in [0.2, 0.25) is 0 Å². The topological polar surface area (TPSA) is 32.3 Å². The summed E-state index contributed by atoms with van der Waals surface area (Å²) >= 11 is 0. The molecule has 1 saturated carbocycles. The summed E-state index contributed by atoms with van der Waals surface area (Å²) in [7, 11) is 0. The minimum Gasteiger partial charge on any atom is -0.396 e. The molecule has 2 nitrogen and oxygen atoms in total. The Kier molecular flexibility index (Phi) is 4.57. The molecule has 0 spiro atoms. The Balaban J connectivity index is 2.01. The molecule has 1 aromatic carbocycles. The van der Waals surface area contributed by atoms with Crippen LogP contribution in [0.2, 0.25) is 0 Å². The predicted molar refractivity (Wildman–Crippen MR) is 71.1 cm³/mol. The lowest BCUT2D eigenvalue weighted by Crippen LogP contribution is -2.41. The highest BCUT2D eigenvalue weighted by Gasteiger charge is 2.29. The molecule has 0 amide bonds. The predicted octanol–water partition coefficient (Wildman–Crippen LogP) is 2.54. The van der Waals surface area contributed by atoms with E-state index in [0.29, 0.717) is 24.5 Å². The van der Waals surface area contributed by atoms with Crippen LogP contribution in [0.4, 0.5) is 0 Å². The quantitative estimate of drug-likeness (QED) is 0.837. The SMILES string of the molecule is CCNC1CCC(c2ccccc2)CC1CO. The summed E-state index contributed by atoms with van der Waals surface area (Å²) < 4.78 is 0. The largest absolute Gasteiger partial charge is 0.396 e. The normalized spacial score (nSPS) is 29.2. The fraction of sp³-hybridized carbons (Fsp3) is 0.600. The van der Waals surface area contributed by atoms with Crippen molar-refractivity contribution >= 4 is 0 Å². The molecule has 3 atom stereocenters. The molecular weight excluding hydrogens is 210 g/mol. The van der Waals surface area contributed by atoms with Gasteiger partial charge in [-0.15, -0.1) is 0 Å². The van der Waals surface area contributed by atoms with Gasteiger partial charge in [-0.2, -0.15) is 0 Å². The van der Waals surface area contributed by atoms with Gasteiger partial charge in [0.25, 0.3) is 0 Å². The molecule has 2 rings (SSSR count). The van der Waals surface area contributed by atoms with Gasteiger partial charge in [0.15, 0.2) is 0 Å². The van der Waals surface area contributed by atoms with E-state index in [1.807, 2.05) is 0 Å². The number of aliphatic hydroxyl groups excluding tert-OH is 1. The lowest BCUT2D eigenvalue weighted by molar-refractivity contribution is 0.144. The maximum Gasteiger partial charge on any atom is 0.0474 e. The van der Waals surface area contributed by atoms with Crippen LogP contribution >= 0.6 is 0 Å². The number of hydrogen-bond acceptors (Lipinski definition) is 2. The zero-order valence-corrected chi connectivity index (χ0v) is 10.6. The lowest BCUT2D eigenvalue weighted by Gasteiger charge is -2.36. The molecule has 0 saturated heterocycles. The van der Waals surface area contributed by atoms with Crippen molar-refractivity contribution < 1.29 is 5.11 Å². The first-order valence-electron chi connectivity index (χ1n) is 6.74. The lowest BCUT2D eigenvalue weighted by atomic mass is 9.75. The van der Waals surface area contributed by atoms with Crippen molar-refractivity contribution in [2.45, 2.75) is 38.1 Å². The van der Waals surface area contributed by atoms with Crippen LogP contribution in [0.3, 0.4) is 0 Å². The molecule has 1 aliphatic rings. The first-order chi connectivity index (χ1) is 8.35. The number of aliphatic hydroxyl groups is 1. The van der Waals surface area contributed by atoms with E-state index in [2.05, 4.69) is 42.6 Å². The monoisotopic (exact) mass is 233 g/mol. The summed E-state index contributed by atoms with van der Waals surface area (Å²) in [5, 5.41) is 13.0. The van der Waals surface area contributed by atoms with Crippen molar-refractivity contribution in [1.29, 1.82) is 0 Å². The Labute approximate surface area is 104 Å². The van der Waals surface area contributed by atoms with Gasteiger partial charge < -0.3 is 10.4 Å². The molecular formula is C15H23NO. The maximum atomic E-state index is 9.51. The third-order valence-electron chi connectivity index (χ3n) is 3.95. The molecule has 1 aromatic rings. The molecule has 0 aliphatic heterocycles. The smallest absolute Gasteiger partial charge is 0.0474 e. The van der Waals surface area contributed by atoms with Crippen molar-refractivity contribution in [3.8, 4) is 0 Å². The fourth-order valence-electron chi connectivity index (χ4n) is 3.02. The second-order valence-corrected chi connectivity index (χ2v) is 5.03. The van der Waals surface area contributed by atoms with Crippen LogP contribution in [0.25, 0.3) is 0 Å². The highest BCUT2D eigenvalue weighted by atomic mass is 16.3. The zero-order valence-electron chi connectivity index (χ0n) is 10.6. The molecule has 0 heterocycles. The fourth-order valence-corrected chi connectivity index (χ4v) is 3.02. The van der Waals surface area contributed by atoms with Crippen LogP contribution in [0.5, 0.6) is 0 Å². The van der Waals surface area contributed by atoms with Gasteiger partial charge in [0.05, 0.1) is 0 Å². The van der Waals surface area contributed by atoms with Crippen LogP contribution in [-0.4, -0.2) is 24.3 Å². The average molecular weight is 233 g/mol. The third-order valence-corrected chi connectivity index (χ3v) is 3.95. The van der Waals surface area contributed by atoms with Gasteiger partial charge in [-0.25, -0.2) is 0 Å². The Morgan fingerprint density at radius 1 is 1.24 bits per heavy atom. The van der Waals surface area contributed by atoms with E-state index >= 15 is 0 Å². The molecule has 1 fully saturated rings. The van der Waals surface area contributed by atoms with Gasteiger partial charge in [-0.3, -0.25) is 0 Å². The molecule has 0 radical (unpaired) electrons. The van der Waals surface area contributed by atoms with E-state index in [9.17, 15) is 5.11 Å². The Morgan fingerprint density at radius 3 is 2.65 bits per heavy atom. The van der Waals surface area contributed by atoms with Crippen LogP contribution in [0, 0.1) is 5.92 Å². The van der Waals surface area contributed by atoms with Gasteiger partial charge in [-0.1, -0.05) is 37.3 Å². The van der Waals surface area contributed by atoms with Gasteiger partial charge in [0, 0.05) is 12.6 Å². The van der Waals surface area contributed by atoms with Crippen molar-refractivity contribution in [2.75, 3.05) is 13.2 Å². The summed E-state index contributed by atoms with van der Waals surface area (Å²) in [6, 6.07) is 11.2. The molecule has 2 N–H and O–H groups in total. The summed E-state index contributed by atoms with van der Waals surface area (Å²) in [6.07, 6.45) is 3.52. The molecule has 0 bridgehead atoms. The molecule has 0 aromatic heterocycles. The summed E-state index contributed by atoms with van der Waals surface area (Å²) in [6.45, 7) is 3.44. The van der Waals surface area contributed by atoms with E-state index in [4.69, 9.17) is 0 Å². The Bertz CT molecular complexity index is 325. The van der Waals surface area contributed by atoms with Gasteiger partial charge in [-0.05, 0) is 43.2 Å².